The van der Waals surface area contributed by atoms with E-state index in [4.69, 9.17) is 0 Å². The summed E-state index contributed by atoms with van der Waals surface area (Å²) in [6.45, 7) is 1.68. The third-order valence-corrected chi connectivity index (χ3v) is 4.14. The molecule has 1 aromatic heterocycles. The van der Waals surface area contributed by atoms with Crippen molar-refractivity contribution < 1.29 is 4.79 Å². The van der Waals surface area contributed by atoms with Gasteiger partial charge in [-0.2, -0.15) is 0 Å². The number of rotatable bonds is 3. The standard InChI is InChI=1S/C10H14N2OS/c1-7(13)10(4-5-10)8-6-11-9(14-8)12(2)3/h6H,4-5H2,1-3H3. The van der Waals surface area contributed by atoms with Crippen LogP contribution in [0.2, 0.25) is 0 Å². The SMILES string of the molecule is CC(=O)C1(c2cnc(N(C)C)s2)CC1. The monoisotopic (exact) mass is 210 g/mol. The molecule has 1 saturated carbocycles. The second-order valence-electron chi connectivity index (χ2n) is 4.04. The maximum atomic E-state index is 11.5. The quantitative estimate of drug-likeness (QED) is 0.763. The molecule has 1 aliphatic rings. The summed E-state index contributed by atoms with van der Waals surface area (Å²) in [5, 5.41) is 0.979. The molecule has 14 heavy (non-hydrogen) atoms. The molecular formula is C10H14N2OS. The molecule has 1 fully saturated rings. The summed E-state index contributed by atoms with van der Waals surface area (Å²) in [5.74, 6) is 0.284. The van der Waals surface area contributed by atoms with E-state index >= 15 is 0 Å². The molecule has 0 spiro atoms. The summed E-state index contributed by atoms with van der Waals surface area (Å²) >= 11 is 1.63. The Kier molecular flexibility index (Phi) is 2.10. The molecule has 0 unspecified atom stereocenters. The van der Waals surface area contributed by atoms with E-state index in [-0.39, 0.29) is 11.2 Å². The molecule has 0 aliphatic heterocycles. The predicted molar refractivity (Wildman–Crippen MR) is 58.0 cm³/mol. The zero-order chi connectivity index (χ0) is 10.3. The highest BCUT2D eigenvalue weighted by molar-refractivity contribution is 7.15. The van der Waals surface area contributed by atoms with Crippen molar-refractivity contribution in [1.82, 2.24) is 4.98 Å². The Hall–Kier alpha value is -0.900. The van der Waals surface area contributed by atoms with Gasteiger partial charge in [-0.25, -0.2) is 4.98 Å². The summed E-state index contributed by atoms with van der Waals surface area (Å²) in [4.78, 5) is 18.9. The first-order valence-electron chi connectivity index (χ1n) is 4.71. The van der Waals surface area contributed by atoms with Crippen molar-refractivity contribution >= 4 is 22.3 Å². The van der Waals surface area contributed by atoms with Crippen LogP contribution < -0.4 is 4.90 Å². The average molecular weight is 210 g/mol. The lowest BCUT2D eigenvalue weighted by Gasteiger charge is -2.08. The number of hydrogen-bond acceptors (Lipinski definition) is 4. The number of hydrogen-bond donors (Lipinski definition) is 0. The number of carbonyl (C=O) groups excluding carboxylic acids is 1. The van der Waals surface area contributed by atoms with Crippen molar-refractivity contribution in [3.8, 4) is 0 Å². The number of anilines is 1. The lowest BCUT2D eigenvalue weighted by molar-refractivity contribution is -0.119. The van der Waals surface area contributed by atoms with Crippen molar-refractivity contribution in [3.05, 3.63) is 11.1 Å². The van der Waals surface area contributed by atoms with E-state index in [1.165, 1.54) is 0 Å². The summed E-state index contributed by atoms with van der Waals surface area (Å²) in [7, 11) is 3.94. The van der Waals surface area contributed by atoms with Gasteiger partial charge >= 0.3 is 0 Å². The highest BCUT2D eigenvalue weighted by atomic mass is 32.1. The van der Waals surface area contributed by atoms with Crippen LogP contribution in [0.3, 0.4) is 0 Å². The molecule has 0 amide bonds. The number of Topliss-reactive ketones (excluding diaryl/α,β-unsaturated/α-hetero) is 1. The Morgan fingerprint density at radius 2 is 2.21 bits per heavy atom. The minimum Gasteiger partial charge on any atom is -0.354 e. The highest BCUT2D eigenvalue weighted by Gasteiger charge is 2.50. The van der Waals surface area contributed by atoms with E-state index in [1.54, 1.807) is 18.3 Å². The molecule has 1 aliphatic carbocycles. The lowest BCUT2D eigenvalue weighted by atomic mass is 10.0. The molecule has 0 saturated heterocycles. The second-order valence-corrected chi connectivity index (χ2v) is 5.05. The number of ketones is 1. The van der Waals surface area contributed by atoms with Crippen LogP contribution >= 0.6 is 11.3 Å². The van der Waals surface area contributed by atoms with Gasteiger partial charge in [0, 0.05) is 25.2 Å². The van der Waals surface area contributed by atoms with Gasteiger partial charge in [-0.1, -0.05) is 0 Å². The molecule has 3 nitrogen and oxygen atoms in total. The molecule has 1 aromatic rings. The minimum absolute atomic E-state index is 0.161. The molecule has 76 valence electrons. The average Bonchev–Trinajstić information content (AvgIpc) is 2.77. The van der Waals surface area contributed by atoms with Gasteiger partial charge in [0.05, 0.1) is 5.41 Å². The van der Waals surface area contributed by atoms with Crippen LogP contribution in [0.4, 0.5) is 5.13 Å². The molecule has 0 bridgehead atoms. The maximum absolute atomic E-state index is 11.5. The van der Waals surface area contributed by atoms with Crippen molar-refractivity contribution in [1.29, 1.82) is 0 Å². The number of carbonyl (C=O) groups is 1. The topological polar surface area (TPSA) is 33.2 Å². The third kappa shape index (κ3) is 1.34. The first-order valence-corrected chi connectivity index (χ1v) is 5.52. The predicted octanol–water partition coefficient (Wildman–Crippen LogP) is 1.83. The van der Waals surface area contributed by atoms with E-state index < -0.39 is 0 Å². The van der Waals surface area contributed by atoms with Gasteiger partial charge in [0.1, 0.15) is 5.78 Å². The third-order valence-electron chi connectivity index (χ3n) is 2.77. The number of thiazole rings is 1. The maximum Gasteiger partial charge on any atom is 0.185 e. The van der Waals surface area contributed by atoms with Gasteiger partial charge in [0.25, 0.3) is 0 Å². The van der Waals surface area contributed by atoms with Gasteiger partial charge in [-0.15, -0.1) is 11.3 Å². The van der Waals surface area contributed by atoms with Crippen LogP contribution in [0.25, 0.3) is 0 Å². The Balaban J connectivity index is 2.30. The van der Waals surface area contributed by atoms with Crippen LogP contribution in [0.1, 0.15) is 24.6 Å². The van der Waals surface area contributed by atoms with Crippen molar-refractivity contribution in [2.75, 3.05) is 19.0 Å². The fraction of sp³-hybridized carbons (Fsp3) is 0.600. The van der Waals surface area contributed by atoms with E-state index in [2.05, 4.69) is 4.98 Å². The van der Waals surface area contributed by atoms with E-state index in [0.29, 0.717) is 0 Å². The van der Waals surface area contributed by atoms with Gasteiger partial charge in [0.2, 0.25) is 0 Å². The molecular weight excluding hydrogens is 196 g/mol. The summed E-state index contributed by atoms with van der Waals surface area (Å²) in [5.41, 5.74) is -0.161. The largest absolute Gasteiger partial charge is 0.354 e. The van der Waals surface area contributed by atoms with Crippen LogP contribution in [0.5, 0.6) is 0 Å². The smallest absolute Gasteiger partial charge is 0.185 e. The van der Waals surface area contributed by atoms with Crippen LogP contribution in [-0.4, -0.2) is 24.9 Å². The molecule has 0 N–H and O–H groups in total. The Bertz CT molecular complexity index is 366. The molecule has 0 atom stereocenters. The number of nitrogens with zero attached hydrogens (tertiary/aromatic N) is 2. The first-order chi connectivity index (χ1) is 6.56. The summed E-state index contributed by atoms with van der Waals surface area (Å²) in [6.07, 6.45) is 3.85. The van der Waals surface area contributed by atoms with Crippen LogP contribution in [0, 0.1) is 0 Å². The normalized spacial score (nSPS) is 17.9. The fourth-order valence-corrected chi connectivity index (χ4v) is 2.72. The van der Waals surface area contributed by atoms with Crippen molar-refractivity contribution in [2.45, 2.75) is 25.2 Å². The lowest BCUT2D eigenvalue weighted by Crippen LogP contribution is -2.15. The molecule has 2 rings (SSSR count). The zero-order valence-corrected chi connectivity index (χ0v) is 9.52. The minimum atomic E-state index is -0.161. The molecule has 0 aromatic carbocycles. The second kappa shape index (κ2) is 3.05. The van der Waals surface area contributed by atoms with Gasteiger partial charge < -0.3 is 4.90 Å². The number of aromatic nitrogens is 1. The van der Waals surface area contributed by atoms with Crippen LogP contribution in [-0.2, 0) is 10.2 Å². The van der Waals surface area contributed by atoms with E-state index in [0.717, 1.165) is 22.9 Å². The van der Waals surface area contributed by atoms with Crippen molar-refractivity contribution in [2.24, 2.45) is 0 Å². The van der Waals surface area contributed by atoms with Gasteiger partial charge in [0.15, 0.2) is 5.13 Å². The van der Waals surface area contributed by atoms with Crippen LogP contribution in [0.15, 0.2) is 6.20 Å². The zero-order valence-electron chi connectivity index (χ0n) is 8.70. The molecule has 0 radical (unpaired) electrons. The molecule has 1 heterocycles. The first kappa shape index (κ1) is 9.65. The fourth-order valence-electron chi connectivity index (χ4n) is 1.59. The van der Waals surface area contributed by atoms with E-state index in [1.807, 2.05) is 25.2 Å². The Morgan fingerprint density at radius 3 is 2.57 bits per heavy atom. The summed E-state index contributed by atoms with van der Waals surface area (Å²) < 4.78 is 0. The molecule has 4 heteroatoms. The van der Waals surface area contributed by atoms with E-state index in [9.17, 15) is 4.79 Å². The van der Waals surface area contributed by atoms with Crippen molar-refractivity contribution in [3.63, 3.8) is 0 Å². The van der Waals surface area contributed by atoms with Gasteiger partial charge in [-0.3, -0.25) is 4.79 Å². The summed E-state index contributed by atoms with van der Waals surface area (Å²) in [6, 6.07) is 0. The Morgan fingerprint density at radius 1 is 1.57 bits per heavy atom. The Labute approximate surface area is 87.8 Å². The highest BCUT2D eigenvalue weighted by Crippen LogP contribution is 2.51. The van der Waals surface area contributed by atoms with Gasteiger partial charge in [-0.05, 0) is 19.8 Å².